The van der Waals surface area contributed by atoms with Crippen LogP contribution in [0.2, 0.25) is 5.02 Å². The molecule has 2 N–H and O–H groups in total. The number of benzene rings is 2. The van der Waals surface area contributed by atoms with Crippen LogP contribution in [0.25, 0.3) is 5.57 Å². The van der Waals surface area contributed by atoms with E-state index in [9.17, 15) is 37.4 Å². The molecule has 1 aromatic heterocycles. The molecule has 0 spiro atoms. The van der Waals surface area contributed by atoms with E-state index in [0.717, 1.165) is 10.6 Å². The van der Waals surface area contributed by atoms with Gasteiger partial charge in [-0.2, -0.15) is 28.2 Å². The minimum Gasteiger partial charge on any atom is -0.493 e. The highest BCUT2D eigenvalue weighted by molar-refractivity contribution is 7.10. The average molecular weight is 640 g/mol. The van der Waals surface area contributed by atoms with Gasteiger partial charge in [-0.15, -0.1) is 0 Å². The first-order chi connectivity index (χ1) is 20.0. The van der Waals surface area contributed by atoms with Crippen molar-refractivity contribution < 1.29 is 37.1 Å². The summed E-state index contributed by atoms with van der Waals surface area (Å²) in [5, 5.41) is 30.4. The molecule has 3 heterocycles. The minimum absolute atomic E-state index is 0.0129. The van der Waals surface area contributed by atoms with E-state index < -0.39 is 50.8 Å². The number of nitrogens with zero attached hydrogens (tertiary/aromatic N) is 4. The standard InChI is InChI=1S/C29H27ClF4N4O4S/c1-28(2,3)38(27(41)42)14-19(31)11-20(38)13-37-25(39)24(43-26(37)40)21(15-5-7-23-17(8-15)12-35-36-23)9-16-4-6-18(30)10-22(16)29(32,33)34/h4-8,10,12,19-20H,9,11,13-14H2,1-3H3,(H-,35,36,39,41,42)/p+1/t19-,20+,38?/m1/s1. The van der Waals surface area contributed by atoms with Gasteiger partial charge >= 0.3 is 17.1 Å². The Kier molecular flexibility index (Phi) is 7.81. The number of rotatable bonds is 5. The summed E-state index contributed by atoms with van der Waals surface area (Å²) in [7, 11) is 0. The van der Waals surface area contributed by atoms with Crippen LogP contribution in [0.4, 0.5) is 22.4 Å². The number of fused-ring (bicyclic) bond motifs is 1. The maximum atomic E-state index is 14.8. The van der Waals surface area contributed by atoms with Gasteiger partial charge in [0.05, 0.1) is 28.6 Å². The predicted octanol–water partition coefficient (Wildman–Crippen LogP) is 5.10. The van der Waals surface area contributed by atoms with E-state index in [1.54, 1.807) is 39.0 Å². The van der Waals surface area contributed by atoms with Crippen LogP contribution in [-0.4, -0.2) is 55.9 Å². The maximum absolute atomic E-state index is 14.8. The third-order valence-electron chi connectivity index (χ3n) is 8.19. The van der Waals surface area contributed by atoms with Crippen LogP contribution < -0.4 is 15.4 Å². The topological polar surface area (TPSA) is 104 Å². The molecular formula is C29H28ClF4N4O4S+. The van der Waals surface area contributed by atoms with Crippen molar-refractivity contribution in [3.63, 3.8) is 0 Å². The second-order valence-corrected chi connectivity index (χ2v) is 13.1. The van der Waals surface area contributed by atoms with E-state index in [0.29, 0.717) is 27.5 Å². The average Bonchev–Trinajstić information content (AvgIpc) is 3.59. The molecule has 1 fully saturated rings. The van der Waals surface area contributed by atoms with Gasteiger partial charge in [-0.25, -0.2) is 8.87 Å². The summed E-state index contributed by atoms with van der Waals surface area (Å²) in [4.78, 5) is 25.2. The van der Waals surface area contributed by atoms with Crippen molar-refractivity contribution >= 4 is 40.8 Å². The third kappa shape index (κ3) is 5.49. The highest BCUT2D eigenvalue weighted by Crippen LogP contribution is 2.41. The quantitative estimate of drug-likeness (QED) is 0.300. The summed E-state index contributed by atoms with van der Waals surface area (Å²) < 4.78 is 57.2. The largest absolute Gasteiger partial charge is 0.514 e. The smallest absolute Gasteiger partial charge is 0.493 e. The Morgan fingerprint density at radius 2 is 1.91 bits per heavy atom. The molecule has 5 rings (SSSR count). The fourth-order valence-corrected chi connectivity index (χ4v) is 7.23. The van der Waals surface area contributed by atoms with Crippen molar-refractivity contribution in [3.05, 3.63) is 83.2 Å². The lowest BCUT2D eigenvalue weighted by Crippen LogP contribution is -2.66. The van der Waals surface area contributed by atoms with E-state index in [-0.39, 0.29) is 47.0 Å². The highest BCUT2D eigenvalue weighted by atomic mass is 35.5. The van der Waals surface area contributed by atoms with E-state index in [1.165, 1.54) is 18.3 Å². The number of quaternary nitrogens is 1. The molecule has 14 heteroatoms. The number of hydrogen-bond acceptors (Lipinski definition) is 6. The summed E-state index contributed by atoms with van der Waals surface area (Å²) >= 11 is 6.51. The van der Waals surface area contributed by atoms with Gasteiger partial charge in [0.15, 0.2) is 6.17 Å². The molecule has 2 aliphatic rings. The van der Waals surface area contributed by atoms with Crippen molar-refractivity contribution in [2.45, 2.75) is 64.1 Å². The molecule has 1 unspecified atom stereocenters. The summed E-state index contributed by atoms with van der Waals surface area (Å²) in [5.74, 6) is -0.536. The predicted molar refractivity (Wildman–Crippen MR) is 154 cm³/mol. The highest BCUT2D eigenvalue weighted by Gasteiger charge is 2.60. The number of alkyl halides is 4. The summed E-state index contributed by atoms with van der Waals surface area (Å²) in [5.41, 5.74) is -1.22. The molecule has 0 radical (unpaired) electrons. The number of hydrogen-bond donors (Lipinski definition) is 2. The number of aromatic hydroxyl groups is 1. The van der Waals surface area contributed by atoms with Gasteiger partial charge in [-0.1, -0.05) is 35.1 Å². The number of carbonyl (C=O) groups is 1. The van der Waals surface area contributed by atoms with E-state index in [4.69, 9.17) is 11.6 Å². The van der Waals surface area contributed by atoms with Crippen LogP contribution in [0, 0.1) is 0 Å². The third-order valence-corrected chi connectivity index (χ3v) is 9.46. The van der Waals surface area contributed by atoms with Crippen LogP contribution >= 0.6 is 22.9 Å². The monoisotopic (exact) mass is 639 g/mol. The van der Waals surface area contributed by atoms with Gasteiger partial charge in [0.1, 0.15) is 18.1 Å². The van der Waals surface area contributed by atoms with Crippen LogP contribution in [0.3, 0.4) is 0 Å². The molecule has 8 nitrogen and oxygen atoms in total. The number of halogens is 5. The fraction of sp³-hybridized carbons (Fsp3) is 0.379. The Balaban J connectivity index is 1.67. The fourth-order valence-electron chi connectivity index (χ4n) is 6.09. The Hall–Kier alpha value is -3.55. The Labute approximate surface area is 252 Å². The zero-order valence-corrected chi connectivity index (χ0v) is 24.9. The minimum atomic E-state index is -4.73. The molecule has 228 valence electrons. The molecule has 0 aliphatic carbocycles. The number of aromatic nitrogens is 1. The first kappa shape index (κ1) is 30.9. The number of thiazole rings is 1. The molecule has 0 saturated carbocycles. The Bertz CT molecular complexity index is 1830. The van der Waals surface area contributed by atoms with Crippen molar-refractivity contribution in [2.75, 3.05) is 6.54 Å². The lowest BCUT2D eigenvalue weighted by Gasteiger charge is -2.44. The normalized spacial score (nSPS) is 22.4. The molecule has 3 aromatic rings. The van der Waals surface area contributed by atoms with Gasteiger partial charge in [-0.3, -0.25) is 9.36 Å². The summed E-state index contributed by atoms with van der Waals surface area (Å²) in [6.45, 7) is 4.42. The zero-order chi connectivity index (χ0) is 31.5. The SMILES string of the molecule is CC(C)(C)[N+]1(C(=O)O)C[C@H](F)C[C@H]1Cn1c(O)c(C(Cc2ccc(Cl)cc2C(F)(F)F)=c2ccc3c(c2)C=NN=3)sc1=O. The Morgan fingerprint density at radius 1 is 1.19 bits per heavy atom. The molecule has 43 heavy (non-hydrogen) atoms. The van der Waals surface area contributed by atoms with Crippen molar-refractivity contribution in [2.24, 2.45) is 10.2 Å². The zero-order valence-electron chi connectivity index (χ0n) is 23.3. The van der Waals surface area contributed by atoms with E-state index in [1.807, 2.05) is 0 Å². The van der Waals surface area contributed by atoms with Crippen molar-refractivity contribution in [1.29, 1.82) is 0 Å². The van der Waals surface area contributed by atoms with Gasteiger partial charge < -0.3 is 10.2 Å². The number of likely N-dealkylation sites (tertiary alicyclic amines) is 1. The molecule has 2 aliphatic heterocycles. The lowest BCUT2D eigenvalue weighted by atomic mass is 9.96. The first-order valence-electron chi connectivity index (χ1n) is 13.3. The van der Waals surface area contributed by atoms with Crippen LogP contribution in [0.1, 0.15) is 48.8 Å². The lowest BCUT2D eigenvalue weighted by molar-refractivity contribution is -0.916. The summed E-state index contributed by atoms with van der Waals surface area (Å²) in [6, 6.07) is 7.39. The van der Waals surface area contributed by atoms with Crippen LogP contribution in [0.15, 0.2) is 51.4 Å². The van der Waals surface area contributed by atoms with Gasteiger partial charge in [0.2, 0.25) is 5.88 Å². The second kappa shape index (κ2) is 10.9. The molecular weight excluding hydrogens is 612 g/mol. The molecule has 1 saturated heterocycles. The second-order valence-electron chi connectivity index (χ2n) is 11.7. The van der Waals surface area contributed by atoms with Gasteiger partial charge in [0.25, 0.3) is 0 Å². The number of amides is 1. The van der Waals surface area contributed by atoms with E-state index >= 15 is 0 Å². The van der Waals surface area contributed by atoms with Crippen molar-refractivity contribution in [1.82, 2.24) is 4.57 Å². The van der Waals surface area contributed by atoms with Gasteiger partial charge in [0, 0.05) is 23.4 Å². The molecule has 2 aromatic carbocycles. The van der Waals surface area contributed by atoms with Crippen LogP contribution in [-0.2, 0) is 19.1 Å². The van der Waals surface area contributed by atoms with E-state index in [2.05, 4.69) is 10.2 Å². The van der Waals surface area contributed by atoms with Crippen LogP contribution in [0.5, 0.6) is 5.88 Å². The molecule has 3 atom stereocenters. The molecule has 1 amide bonds. The maximum Gasteiger partial charge on any atom is 0.514 e. The summed E-state index contributed by atoms with van der Waals surface area (Å²) in [6.07, 6.45) is -6.42. The Morgan fingerprint density at radius 3 is 2.56 bits per heavy atom. The van der Waals surface area contributed by atoms with Gasteiger partial charge in [-0.05, 0) is 61.4 Å². The van der Waals surface area contributed by atoms with Crippen molar-refractivity contribution in [3.8, 4) is 5.88 Å². The number of carboxylic acid groups (broad SMARTS) is 1. The molecule has 0 bridgehead atoms. The first-order valence-corrected chi connectivity index (χ1v) is 14.5.